The fourth-order valence-electron chi connectivity index (χ4n) is 2.50. The third-order valence-electron chi connectivity index (χ3n) is 3.90. The van der Waals surface area contributed by atoms with E-state index in [-0.39, 0.29) is 22.8 Å². The molecule has 148 valence electrons. The number of aromatic nitrogens is 2. The molecule has 0 aliphatic rings. The van der Waals surface area contributed by atoms with Crippen molar-refractivity contribution in [1.29, 1.82) is 0 Å². The maximum Gasteiger partial charge on any atom is 0.256 e. The zero-order valence-corrected chi connectivity index (χ0v) is 15.2. The third kappa shape index (κ3) is 4.87. The second-order valence-electron chi connectivity index (χ2n) is 6.04. The molecule has 2 amide bonds. The topological polar surface area (TPSA) is 122 Å². The van der Waals surface area contributed by atoms with Gasteiger partial charge in [0.2, 0.25) is 5.95 Å². The third-order valence-corrected chi connectivity index (χ3v) is 3.90. The van der Waals surface area contributed by atoms with Gasteiger partial charge in [-0.05, 0) is 36.8 Å². The van der Waals surface area contributed by atoms with Crippen LogP contribution in [0.2, 0.25) is 0 Å². The SMILES string of the molecule is Cc1ccc(NC(=O)c2cc(F)cc(F)c2)cc1C(=O)Nc1cnc(NN)nc1. The Labute approximate surface area is 164 Å². The molecule has 5 N–H and O–H groups in total. The van der Waals surface area contributed by atoms with Crippen LogP contribution < -0.4 is 21.9 Å². The Morgan fingerprint density at radius 1 is 0.897 bits per heavy atom. The maximum absolute atomic E-state index is 13.3. The number of carbonyl (C=O) groups excluding carboxylic acids is 2. The molecule has 1 aromatic heterocycles. The quantitative estimate of drug-likeness (QED) is 0.387. The van der Waals surface area contributed by atoms with Gasteiger partial charge in [0.1, 0.15) is 11.6 Å². The van der Waals surface area contributed by atoms with Crippen LogP contribution in [0.25, 0.3) is 0 Å². The number of hydrazine groups is 1. The summed E-state index contributed by atoms with van der Waals surface area (Å²) in [6.07, 6.45) is 2.75. The molecule has 0 radical (unpaired) electrons. The number of amides is 2. The normalized spacial score (nSPS) is 10.3. The van der Waals surface area contributed by atoms with Crippen LogP contribution in [0, 0.1) is 18.6 Å². The standard InChI is InChI=1S/C19H16F2N6O2/c1-10-2-3-14(25-17(28)11-4-12(20)6-13(21)5-11)7-16(10)18(29)26-15-8-23-19(27-22)24-9-15/h2-9H,22H2,1H3,(H,25,28)(H,26,29)(H,23,24,27). The van der Waals surface area contributed by atoms with Gasteiger partial charge in [-0.25, -0.2) is 24.6 Å². The van der Waals surface area contributed by atoms with Crippen molar-refractivity contribution in [3.05, 3.63) is 77.1 Å². The molecule has 0 aliphatic carbocycles. The summed E-state index contributed by atoms with van der Waals surface area (Å²) in [5.74, 6) is 2.49. The highest BCUT2D eigenvalue weighted by atomic mass is 19.1. The number of carbonyl (C=O) groups is 2. The molecule has 3 aromatic rings. The monoisotopic (exact) mass is 398 g/mol. The summed E-state index contributed by atoms with van der Waals surface area (Å²) in [5, 5.41) is 5.15. The Balaban J connectivity index is 1.77. The first kappa shape index (κ1) is 19.8. The lowest BCUT2D eigenvalue weighted by atomic mass is 10.1. The van der Waals surface area contributed by atoms with E-state index in [0.29, 0.717) is 17.3 Å². The number of nitrogens with one attached hydrogen (secondary N) is 3. The highest BCUT2D eigenvalue weighted by Crippen LogP contribution is 2.19. The smallest absolute Gasteiger partial charge is 0.256 e. The fourth-order valence-corrected chi connectivity index (χ4v) is 2.50. The lowest BCUT2D eigenvalue weighted by Gasteiger charge is -2.11. The average molecular weight is 398 g/mol. The van der Waals surface area contributed by atoms with Crippen LogP contribution in [0.3, 0.4) is 0 Å². The van der Waals surface area contributed by atoms with Gasteiger partial charge in [0.05, 0.1) is 18.1 Å². The Kier molecular flexibility index (Phi) is 5.74. The van der Waals surface area contributed by atoms with Gasteiger partial charge in [-0.1, -0.05) is 6.07 Å². The molecule has 0 bridgehead atoms. The number of benzene rings is 2. The van der Waals surface area contributed by atoms with Gasteiger partial charge in [0.15, 0.2) is 0 Å². The predicted octanol–water partition coefficient (Wildman–Crippen LogP) is 2.85. The minimum Gasteiger partial charge on any atom is -0.322 e. The van der Waals surface area contributed by atoms with Gasteiger partial charge in [0.25, 0.3) is 11.8 Å². The van der Waals surface area contributed by atoms with Crippen LogP contribution in [-0.4, -0.2) is 21.8 Å². The first-order valence-electron chi connectivity index (χ1n) is 8.34. The summed E-state index contributed by atoms with van der Waals surface area (Å²) in [6.45, 7) is 1.72. The van der Waals surface area contributed by atoms with Crippen molar-refractivity contribution < 1.29 is 18.4 Å². The molecule has 8 nitrogen and oxygen atoms in total. The summed E-state index contributed by atoms with van der Waals surface area (Å²) in [7, 11) is 0. The number of nitrogen functional groups attached to an aromatic ring is 1. The number of nitrogens with zero attached hydrogens (tertiary/aromatic N) is 2. The van der Waals surface area contributed by atoms with Crippen LogP contribution in [0.15, 0.2) is 48.8 Å². The van der Waals surface area contributed by atoms with Crippen LogP contribution >= 0.6 is 0 Å². The van der Waals surface area contributed by atoms with Gasteiger partial charge >= 0.3 is 0 Å². The largest absolute Gasteiger partial charge is 0.322 e. The van der Waals surface area contributed by atoms with Gasteiger partial charge in [0, 0.05) is 22.9 Å². The number of hydrogen-bond donors (Lipinski definition) is 4. The molecule has 29 heavy (non-hydrogen) atoms. The summed E-state index contributed by atoms with van der Waals surface area (Å²) < 4.78 is 26.6. The van der Waals surface area contributed by atoms with Crippen molar-refractivity contribution in [3.8, 4) is 0 Å². The predicted molar refractivity (Wildman–Crippen MR) is 103 cm³/mol. The van der Waals surface area contributed by atoms with Crippen molar-refractivity contribution in [1.82, 2.24) is 9.97 Å². The zero-order valence-electron chi connectivity index (χ0n) is 15.2. The Morgan fingerprint density at radius 2 is 1.52 bits per heavy atom. The number of nitrogens with two attached hydrogens (primary N) is 1. The van der Waals surface area contributed by atoms with Crippen molar-refractivity contribution >= 4 is 29.1 Å². The summed E-state index contributed by atoms with van der Waals surface area (Å²) in [5.41, 5.74) is 3.66. The van der Waals surface area contributed by atoms with Crippen molar-refractivity contribution in [2.45, 2.75) is 6.92 Å². The van der Waals surface area contributed by atoms with Gasteiger partial charge in [-0.15, -0.1) is 0 Å². The summed E-state index contributed by atoms with van der Waals surface area (Å²) in [6, 6.07) is 7.17. The second-order valence-corrected chi connectivity index (χ2v) is 6.04. The number of rotatable bonds is 5. The molecule has 0 atom stereocenters. The second kappa shape index (κ2) is 8.40. The molecule has 0 spiro atoms. The highest BCUT2D eigenvalue weighted by Gasteiger charge is 2.14. The van der Waals surface area contributed by atoms with Crippen LogP contribution in [0.4, 0.5) is 26.1 Å². The molecular formula is C19H16F2N6O2. The molecule has 1 heterocycles. The van der Waals surface area contributed by atoms with E-state index in [9.17, 15) is 18.4 Å². The number of anilines is 3. The Bertz CT molecular complexity index is 1050. The van der Waals surface area contributed by atoms with E-state index in [1.807, 2.05) is 0 Å². The Hall–Kier alpha value is -3.92. The highest BCUT2D eigenvalue weighted by molar-refractivity contribution is 6.08. The molecule has 3 rings (SSSR count). The summed E-state index contributed by atoms with van der Waals surface area (Å²) in [4.78, 5) is 32.6. The molecule has 2 aromatic carbocycles. The Morgan fingerprint density at radius 3 is 2.14 bits per heavy atom. The van der Waals surface area contributed by atoms with E-state index < -0.39 is 23.4 Å². The van der Waals surface area contributed by atoms with Crippen molar-refractivity contribution in [2.75, 3.05) is 16.1 Å². The number of halogens is 2. The molecule has 0 fully saturated rings. The van der Waals surface area contributed by atoms with Crippen molar-refractivity contribution in [2.24, 2.45) is 5.84 Å². The fraction of sp³-hybridized carbons (Fsp3) is 0.0526. The molecular weight excluding hydrogens is 382 g/mol. The van der Waals surface area contributed by atoms with Crippen LogP contribution in [0.5, 0.6) is 0 Å². The van der Waals surface area contributed by atoms with E-state index in [1.165, 1.54) is 18.5 Å². The molecule has 10 heteroatoms. The maximum atomic E-state index is 13.3. The first-order chi connectivity index (χ1) is 13.9. The zero-order chi connectivity index (χ0) is 21.0. The van der Waals surface area contributed by atoms with Gasteiger partial charge in [-0.2, -0.15) is 0 Å². The average Bonchev–Trinajstić information content (AvgIpc) is 2.69. The van der Waals surface area contributed by atoms with E-state index in [0.717, 1.165) is 12.1 Å². The van der Waals surface area contributed by atoms with Crippen LogP contribution in [0.1, 0.15) is 26.3 Å². The van der Waals surface area contributed by atoms with E-state index >= 15 is 0 Å². The van der Waals surface area contributed by atoms with E-state index in [4.69, 9.17) is 5.84 Å². The summed E-state index contributed by atoms with van der Waals surface area (Å²) >= 11 is 0. The van der Waals surface area contributed by atoms with Crippen LogP contribution in [-0.2, 0) is 0 Å². The first-order valence-corrected chi connectivity index (χ1v) is 8.34. The van der Waals surface area contributed by atoms with Gasteiger partial charge in [-0.3, -0.25) is 15.0 Å². The molecule has 0 unspecified atom stereocenters. The molecule has 0 saturated carbocycles. The minimum atomic E-state index is -0.864. The van der Waals surface area contributed by atoms with E-state index in [2.05, 4.69) is 26.0 Å². The molecule has 0 aliphatic heterocycles. The minimum absolute atomic E-state index is 0.181. The number of aryl methyl sites for hydroxylation is 1. The molecule has 0 saturated heterocycles. The van der Waals surface area contributed by atoms with Crippen molar-refractivity contribution in [3.63, 3.8) is 0 Å². The lowest BCUT2D eigenvalue weighted by molar-refractivity contribution is 0.101. The lowest BCUT2D eigenvalue weighted by Crippen LogP contribution is -2.17. The van der Waals surface area contributed by atoms with Gasteiger partial charge < -0.3 is 10.6 Å². The number of hydrogen-bond acceptors (Lipinski definition) is 6. The van der Waals surface area contributed by atoms with E-state index in [1.54, 1.807) is 19.1 Å².